The van der Waals surface area contributed by atoms with E-state index in [9.17, 15) is 9.59 Å². The van der Waals surface area contributed by atoms with Crippen LogP contribution in [-0.2, 0) is 4.79 Å². The van der Waals surface area contributed by atoms with Crippen molar-refractivity contribution in [1.82, 2.24) is 15.1 Å². The molecule has 0 saturated heterocycles. The van der Waals surface area contributed by atoms with E-state index in [1.54, 1.807) is 42.8 Å². The standard InChI is InChI=1S/C16H19N3O3/c1-10(2)14(16(21)22)17-15(20)12-4-6-13(7-5-12)19-9-8-11(3)18-19/h4-10,14H,1-3H3,(H,17,20)(H,21,22). The molecule has 1 atom stereocenters. The highest BCUT2D eigenvalue weighted by Gasteiger charge is 2.23. The third-order valence-electron chi connectivity index (χ3n) is 3.34. The molecule has 1 unspecified atom stereocenters. The fourth-order valence-electron chi connectivity index (χ4n) is 2.06. The van der Waals surface area contributed by atoms with Crippen LogP contribution in [0.15, 0.2) is 36.5 Å². The summed E-state index contributed by atoms with van der Waals surface area (Å²) in [5.74, 6) is -1.62. The van der Waals surface area contributed by atoms with Gasteiger partial charge in [0.15, 0.2) is 0 Å². The molecule has 2 aromatic rings. The molecule has 6 heteroatoms. The summed E-state index contributed by atoms with van der Waals surface area (Å²) in [4.78, 5) is 23.2. The van der Waals surface area contributed by atoms with E-state index in [2.05, 4.69) is 10.4 Å². The molecular formula is C16H19N3O3. The predicted octanol–water partition coefficient (Wildman–Crippen LogP) is 2.02. The minimum atomic E-state index is -1.04. The molecular weight excluding hydrogens is 282 g/mol. The zero-order valence-electron chi connectivity index (χ0n) is 12.8. The number of carboxylic acid groups (broad SMARTS) is 1. The van der Waals surface area contributed by atoms with Gasteiger partial charge in [0.1, 0.15) is 6.04 Å². The molecule has 0 aliphatic rings. The maximum absolute atomic E-state index is 12.1. The molecule has 0 aliphatic heterocycles. The van der Waals surface area contributed by atoms with Crippen molar-refractivity contribution >= 4 is 11.9 Å². The Bertz CT molecular complexity index is 674. The number of benzene rings is 1. The molecule has 1 aromatic heterocycles. The second kappa shape index (κ2) is 6.43. The summed E-state index contributed by atoms with van der Waals surface area (Å²) in [7, 11) is 0. The predicted molar refractivity (Wildman–Crippen MR) is 82.0 cm³/mol. The summed E-state index contributed by atoms with van der Waals surface area (Å²) in [6.07, 6.45) is 1.84. The van der Waals surface area contributed by atoms with Crippen molar-refractivity contribution in [2.75, 3.05) is 0 Å². The number of carboxylic acids is 1. The summed E-state index contributed by atoms with van der Waals surface area (Å²) in [6, 6.07) is 7.84. The first-order valence-electron chi connectivity index (χ1n) is 7.05. The van der Waals surface area contributed by atoms with Crippen LogP contribution in [0.4, 0.5) is 0 Å². The molecule has 0 spiro atoms. The first-order valence-corrected chi connectivity index (χ1v) is 7.05. The van der Waals surface area contributed by atoms with E-state index in [0.717, 1.165) is 11.4 Å². The average molecular weight is 301 g/mol. The summed E-state index contributed by atoms with van der Waals surface area (Å²) >= 11 is 0. The quantitative estimate of drug-likeness (QED) is 0.885. The van der Waals surface area contributed by atoms with Crippen LogP contribution in [0.5, 0.6) is 0 Å². The van der Waals surface area contributed by atoms with Crippen LogP contribution in [0.3, 0.4) is 0 Å². The number of nitrogens with zero attached hydrogens (tertiary/aromatic N) is 2. The fraction of sp³-hybridized carbons (Fsp3) is 0.312. The zero-order valence-corrected chi connectivity index (χ0v) is 12.8. The Balaban J connectivity index is 2.13. The normalized spacial score (nSPS) is 12.2. The molecule has 2 rings (SSSR count). The minimum absolute atomic E-state index is 0.187. The molecule has 1 amide bonds. The van der Waals surface area contributed by atoms with Crippen molar-refractivity contribution < 1.29 is 14.7 Å². The number of carbonyl (C=O) groups is 2. The molecule has 0 aliphatic carbocycles. The average Bonchev–Trinajstić information content (AvgIpc) is 2.90. The molecule has 1 aromatic carbocycles. The molecule has 1 heterocycles. The molecule has 22 heavy (non-hydrogen) atoms. The van der Waals surface area contributed by atoms with Crippen LogP contribution in [0.1, 0.15) is 29.9 Å². The summed E-state index contributed by atoms with van der Waals surface area (Å²) < 4.78 is 1.71. The first-order chi connectivity index (χ1) is 10.4. The topological polar surface area (TPSA) is 84.2 Å². The van der Waals surface area contributed by atoms with Gasteiger partial charge in [-0.05, 0) is 43.2 Å². The van der Waals surface area contributed by atoms with E-state index in [1.165, 1.54) is 0 Å². The van der Waals surface area contributed by atoms with Gasteiger partial charge in [-0.3, -0.25) is 4.79 Å². The van der Waals surface area contributed by atoms with Gasteiger partial charge in [-0.2, -0.15) is 5.10 Å². The number of aromatic nitrogens is 2. The second-order valence-corrected chi connectivity index (χ2v) is 5.48. The Morgan fingerprint density at radius 2 is 1.82 bits per heavy atom. The van der Waals surface area contributed by atoms with Crippen LogP contribution in [-0.4, -0.2) is 32.8 Å². The maximum atomic E-state index is 12.1. The third-order valence-corrected chi connectivity index (χ3v) is 3.34. The largest absolute Gasteiger partial charge is 0.480 e. The minimum Gasteiger partial charge on any atom is -0.480 e. The molecule has 6 nitrogen and oxygen atoms in total. The molecule has 0 bridgehead atoms. The van der Waals surface area contributed by atoms with Crippen LogP contribution in [0.2, 0.25) is 0 Å². The number of aryl methyl sites for hydroxylation is 1. The number of carbonyl (C=O) groups excluding carboxylic acids is 1. The number of rotatable bonds is 5. The van der Waals surface area contributed by atoms with E-state index < -0.39 is 17.9 Å². The number of hydrogen-bond acceptors (Lipinski definition) is 3. The van der Waals surface area contributed by atoms with Crippen molar-refractivity contribution in [2.45, 2.75) is 26.8 Å². The SMILES string of the molecule is Cc1ccn(-c2ccc(C(=O)NC(C(=O)O)C(C)C)cc2)n1. The highest BCUT2D eigenvalue weighted by atomic mass is 16.4. The van der Waals surface area contributed by atoms with Crippen LogP contribution < -0.4 is 5.32 Å². The van der Waals surface area contributed by atoms with Gasteiger partial charge in [0.2, 0.25) is 0 Å². The van der Waals surface area contributed by atoms with E-state index in [4.69, 9.17) is 5.11 Å². The second-order valence-electron chi connectivity index (χ2n) is 5.48. The molecule has 116 valence electrons. The van der Waals surface area contributed by atoms with Crippen molar-refractivity contribution in [1.29, 1.82) is 0 Å². The smallest absolute Gasteiger partial charge is 0.326 e. The first kappa shape index (κ1) is 15.8. The Hall–Kier alpha value is -2.63. The lowest BCUT2D eigenvalue weighted by molar-refractivity contribution is -0.140. The van der Waals surface area contributed by atoms with E-state index >= 15 is 0 Å². The van der Waals surface area contributed by atoms with Gasteiger partial charge in [-0.1, -0.05) is 13.8 Å². The lowest BCUT2D eigenvalue weighted by Crippen LogP contribution is -2.44. The number of nitrogens with one attached hydrogen (secondary N) is 1. The van der Waals surface area contributed by atoms with Gasteiger partial charge in [0.05, 0.1) is 11.4 Å². The van der Waals surface area contributed by atoms with Crippen molar-refractivity contribution in [3.05, 3.63) is 47.8 Å². The third kappa shape index (κ3) is 3.52. The summed E-state index contributed by atoms with van der Waals surface area (Å²) in [5.41, 5.74) is 2.16. The van der Waals surface area contributed by atoms with Gasteiger partial charge < -0.3 is 10.4 Å². The van der Waals surface area contributed by atoms with Crippen LogP contribution in [0.25, 0.3) is 5.69 Å². The Morgan fingerprint density at radius 3 is 2.27 bits per heavy atom. The molecule has 0 fully saturated rings. The molecule has 0 radical (unpaired) electrons. The van der Waals surface area contributed by atoms with E-state index in [0.29, 0.717) is 5.56 Å². The summed E-state index contributed by atoms with van der Waals surface area (Å²) in [5, 5.41) is 15.9. The highest BCUT2D eigenvalue weighted by Crippen LogP contribution is 2.11. The lowest BCUT2D eigenvalue weighted by atomic mass is 10.0. The number of hydrogen-bond donors (Lipinski definition) is 2. The van der Waals surface area contributed by atoms with Crippen LogP contribution in [0, 0.1) is 12.8 Å². The molecule has 2 N–H and O–H groups in total. The molecule has 0 saturated carbocycles. The Kier molecular flexibility index (Phi) is 4.60. The van der Waals surface area contributed by atoms with Gasteiger partial charge in [-0.25, -0.2) is 9.48 Å². The van der Waals surface area contributed by atoms with E-state index in [1.807, 2.05) is 19.2 Å². The zero-order chi connectivity index (χ0) is 16.3. The van der Waals surface area contributed by atoms with Crippen molar-refractivity contribution in [3.8, 4) is 5.69 Å². The lowest BCUT2D eigenvalue weighted by Gasteiger charge is -2.17. The van der Waals surface area contributed by atoms with Crippen molar-refractivity contribution in [2.24, 2.45) is 5.92 Å². The van der Waals surface area contributed by atoms with Gasteiger partial charge in [-0.15, -0.1) is 0 Å². The number of amides is 1. The van der Waals surface area contributed by atoms with Gasteiger partial charge in [0, 0.05) is 11.8 Å². The van der Waals surface area contributed by atoms with Crippen LogP contribution >= 0.6 is 0 Å². The fourth-order valence-corrected chi connectivity index (χ4v) is 2.06. The monoisotopic (exact) mass is 301 g/mol. The Labute approximate surface area is 128 Å². The highest BCUT2D eigenvalue weighted by molar-refractivity contribution is 5.96. The van der Waals surface area contributed by atoms with E-state index in [-0.39, 0.29) is 5.92 Å². The van der Waals surface area contributed by atoms with Crippen molar-refractivity contribution in [3.63, 3.8) is 0 Å². The Morgan fingerprint density at radius 1 is 1.18 bits per heavy atom. The summed E-state index contributed by atoms with van der Waals surface area (Å²) in [6.45, 7) is 5.40. The number of aliphatic carboxylic acids is 1. The van der Waals surface area contributed by atoms with Gasteiger partial charge >= 0.3 is 5.97 Å². The maximum Gasteiger partial charge on any atom is 0.326 e. The van der Waals surface area contributed by atoms with Gasteiger partial charge in [0.25, 0.3) is 5.91 Å².